The van der Waals surface area contributed by atoms with Crippen LogP contribution < -0.4 is 0 Å². The van der Waals surface area contributed by atoms with E-state index in [1.807, 2.05) is 0 Å². The van der Waals surface area contributed by atoms with Crippen LogP contribution in [0, 0.1) is 18.3 Å². The Hall–Kier alpha value is -0.270. The van der Waals surface area contributed by atoms with Crippen molar-refractivity contribution < 1.29 is 0 Å². The lowest BCUT2D eigenvalue weighted by Gasteiger charge is -1.97. The van der Waals surface area contributed by atoms with Crippen LogP contribution in [0.1, 0.15) is 0 Å². The minimum Gasteiger partial charge on any atom is -0.119 e. The number of hydrogen-bond donors (Lipinski definition) is 0. The number of allylic oxidation sites excluding steroid dienone is 1. The predicted octanol–water partition coefficient (Wildman–Crippen LogP) is 1.87. The molecule has 42 valence electrons. The van der Waals surface area contributed by atoms with Gasteiger partial charge in [-0.1, -0.05) is 25.7 Å². The second-order valence-electron chi connectivity index (χ2n) is 2.05. The van der Waals surface area contributed by atoms with Crippen molar-refractivity contribution in [3.8, 4) is 12.3 Å². The fourth-order valence-corrected chi connectivity index (χ4v) is 2.26. The molecule has 0 aliphatic carbocycles. The smallest absolute Gasteiger partial charge is 0.0425 e. The van der Waals surface area contributed by atoms with Gasteiger partial charge in [-0.25, -0.2) is 0 Å². The van der Waals surface area contributed by atoms with E-state index in [-0.39, 0.29) is 7.92 Å². The van der Waals surface area contributed by atoms with Gasteiger partial charge in [0.15, 0.2) is 0 Å². The van der Waals surface area contributed by atoms with E-state index in [0.717, 1.165) is 0 Å². The van der Waals surface area contributed by atoms with Crippen LogP contribution in [0.2, 0.25) is 0 Å². The Bertz CT molecular complexity index is 141. The second-order valence-corrected chi connectivity index (χ2v) is 4.23. The van der Waals surface area contributed by atoms with Crippen molar-refractivity contribution in [1.29, 1.82) is 0 Å². The monoisotopic (exact) mass is 124 g/mol. The summed E-state index contributed by atoms with van der Waals surface area (Å²) in [7, 11) is 0.167. The second kappa shape index (κ2) is 2.33. The highest BCUT2D eigenvalue weighted by molar-refractivity contribution is 7.60. The molecular weight excluding hydrogens is 115 g/mol. The summed E-state index contributed by atoms with van der Waals surface area (Å²) >= 11 is 0. The molecule has 0 aromatic heterocycles. The Morgan fingerprint density at radius 2 is 2.62 bits per heavy atom. The lowest BCUT2D eigenvalue weighted by molar-refractivity contribution is 1.01. The number of rotatable bonds is 0. The summed E-state index contributed by atoms with van der Waals surface area (Å²) in [4.78, 5) is 0. The summed E-state index contributed by atoms with van der Waals surface area (Å²) in [5, 5.41) is 0. The summed E-state index contributed by atoms with van der Waals surface area (Å²) in [5.74, 6) is 5.42. The molecule has 1 heterocycles. The van der Waals surface area contributed by atoms with Crippen LogP contribution in [-0.2, 0) is 0 Å². The molecule has 1 aliphatic heterocycles. The van der Waals surface area contributed by atoms with Gasteiger partial charge in [-0.2, -0.15) is 0 Å². The van der Waals surface area contributed by atoms with Gasteiger partial charge in [-0.3, -0.25) is 0 Å². The molecule has 0 aromatic rings. The molecule has 0 radical (unpaired) electrons. The first-order valence-electron chi connectivity index (χ1n) is 2.67. The van der Waals surface area contributed by atoms with Crippen molar-refractivity contribution >= 4 is 7.92 Å². The highest BCUT2D eigenvalue weighted by Gasteiger charge is 2.10. The van der Waals surface area contributed by atoms with Crippen molar-refractivity contribution in [2.75, 3.05) is 12.8 Å². The molecule has 1 rings (SSSR count). The Morgan fingerprint density at radius 3 is 2.88 bits per heavy atom. The van der Waals surface area contributed by atoms with Crippen molar-refractivity contribution in [3.63, 3.8) is 0 Å². The Balaban J connectivity index is 2.49. The van der Waals surface area contributed by atoms with Crippen LogP contribution in [0.3, 0.4) is 0 Å². The third-order valence-electron chi connectivity index (χ3n) is 1.27. The minimum atomic E-state index is 0.167. The summed E-state index contributed by atoms with van der Waals surface area (Å²) in [6.45, 7) is 2.25. The molecule has 0 spiro atoms. The molecule has 0 amide bonds. The lowest BCUT2D eigenvalue weighted by Crippen LogP contribution is -1.89. The SMILES string of the molecule is C#CC1C=CP(C)C1. The zero-order valence-electron chi connectivity index (χ0n) is 4.96. The van der Waals surface area contributed by atoms with Gasteiger partial charge in [0.2, 0.25) is 0 Å². The molecule has 0 nitrogen and oxygen atoms in total. The first kappa shape index (κ1) is 5.86. The van der Waals surface area contributed by atoms with Crippen LogP contribution in [0.15, 0.2) is 11.9 Å². The molecule has 1 heteroatoms. The van der Waals surface area contributed by atoms with E-state index in [1.54, 1.807) is 0 Å². The Morgan fingerprint density at radius 1 is 1.88 bits per heavy atom. The number of hydrogen-bond acceptors (Lipinski definition) is 0. The third kappa shape index (κ3) is 1.11. The average Bonchev–Trinajstić information content (AvgIpc) is 2.14. The predicted molar refractivity (Wildman–Crippen MR) is 39.2 cm³/mol. The normalized spacial score (nSPS) is 35.0. The van der Waals surface area contributed by atoms with Crippen LogP contribution >= 0.6 is 7.92 Å². The van der Waals surface area contributed by atoms with E-state index in [0.29, 0.717) is 5.92 Å². The van der Waals surface area contributed by atoms with Crippen LogP contribution in [0.4, 0.5) is 0 Å². The quantitative estimate of drug-likeness (QED) is 0.341. The van der Waals surface area contributed by atoms with E-state index < -0.39 is 0 Å². The van der Waals surface area contributed by atoms with Gasteiger partial charge in [0.05, 0.1) is 0 Å². The summed E-state index contributed by atoms with van der Waals surface area (Å²) in [6, 6.07) is 0. The van der Waals surface area contributed by atoms with Gasteiger partial charge >= 0.3 is 0 Å². The summed E-state index contributed by atoms with van der Waals surface area (Å²) < 4.78 is 0. The summed E-state index contributed by atoms with van der Waals surface area (Å²) in [6.07, 6.45) is 8.56. The summed E-state index contributed by atoms with van der Waals surface area (Å²) in [5.41, 5.74) is 0. The zero-order chi connectivity index (χ0) is 5.98. The van der Waals surface area contributed by atoms with Crippen molar-refractivity contribution in [2.45, 2.75) is 0 Å². The minimum absolute atomic E-state index is 0.167. The highest BCUT2D eigenvalue weighted by atomic mass is 31.1. The number of terminal acetylenes is 1. The third-order valence-corrected chi connectivity index (χ3v) is 2.92. The first-order valence-corrected chi connectivity index (χ1v) is 4.72. The van der Waals surface area contributed by atoms with E-state index >= 15 is 0 Å². The van der Waals surface area contributed by atoms with Crippen LogP contribution in [0.5, 0.6) is 0 Å². The molecule has 2 atom stereocenters. The lowest BCUT2D eigenvalue weighted by atomic mass is 10.2. The molecule has 0 saturated carbocycles. The molecule has 8 heavy (non-hydrogen) atoms. The van der Waals surface area contributed by atoms with Gasteiger partial charge in [0.1, 0.15) is 0 Å². The first-order chi connectivity index (χ1) is 3.83. The van der Waals surface area contributed by atoms with E-state index in [4.69, 9.17) is 6.42 Å². The fraction of sp³-hybridized carbons (Fsp3) is 0.429. The van der Waals surface area contributed by atoms with Gasteiger partial charge in [0, 0.05) is 5.92 Å². The van der Waals surface area contributed by atoms with Gasteiger partial charge in [-0.05, 0) is 12.8 Å². The maximum absolute atomic E-state index is 5.21. The van der Waals surface area contributed by atoms with Crippen molar-refractivity contribution in [2.24, 2.45) is 5.92 Å². The van der Waals surface area contributed by atoms with Crippen molar-refractivity contribution in [3.05, 3.63) is 11.9 Å². The average molecular weight is 124 g/mol. The maximum Gasteiger partial charge on any atom is 0.0425 e. The van der Waals surface area contributed by atoms with E-state index in [1.165, 1.54) is 6.16 Å². The highest BCUT2D eigenvalue weighted by Crippen LogP contribution is 2.40. The fourth-order valence-electron chi connectivity index (χ4n) is 0.791. The Labute approximate surface area is 51.7 Å². The van der Waals surface area contributed by atoms with E-state index in [2.05, 4.69) is 24.5 Å². The van der Waals surface area contributed by atoms with Gasteiger partial charge in [-0.15, -0.1) is 6.42 Å². The van der Waals surface area contributed by atoms with Gasteiger partial charge < -0.3 is 0 Å². The van der Waals surface area contributed by atoms with E-state index in [9.17, 15) is 0 Å². The molecule has 0 N–H and O–H groups in total. The molecular formula is C7H9P. The standard InChI is InChI=1S/C7H9P/c1-3-7-4-5-8(2)6-7/h1,4-5,7H,6H2,2H3. The topological polar surface area (TPSA) is 0 Å². The molecule has 0 bridgehead atoms. The molecule has 0 saturated heterocycles. The van der Waals surface area contributed by atoms with Crippen LogP contribution in [0.25, 0.3) is 0 Å². The zero-order valence-corrected chi connectivity index (χ0v) is 5.86. The molecule has 0 aromatic carbocycles. The van der Waals surface area contributed by atoms with Crippen LogP contribution in [-0.4, -0.2) is 12.8 Å². The maximum atomic E-state index is 5.21. The Kier molecular flexibility index (Phi) is 1.71. The molecule has 1 aliphatic rings. The largest absolute Gasteiger partial charge is 0.119 e. The van der Waals surface area contributed by atoms with Gasteiger partial charge in [0.25, 0.3) is 0 Å². The molecule has 2 unspecified atom stereocenters. The molecule has 0 fully saturated rings. The van der Waals surface area contributed by atoms with Crippen molar-refractivity contribution in [1.82, 2.24) is 0 Å².